The molecular formula is C29H21ClF5N7O4. The molecule has 5 rings (SSSR count). The highest BCUT2D eigenvalue weighted by atomic mass is 35.5. The molecule has 0 bridgehead atoms. The van der Waals surface area contributed by atoms with Crippen molar-refractivity contribution < 1.29 is 41.4 Å². The second kappa shape index (κ2) is 12.2. The van der Waals surface area contributed by atoms with Crippen LogP contribution in [0.25, 0.3) is 27.9 Å². The number of hydrogen-bond acceptors (Lipinski definition) is 6. The topological polar surface area (TPSA) is 133 Å². The maximum atomic E-state index is 15.4. The Labute approximate surface area is 261 Å². The van der Waals surface area contributed by atoms with Crippen LogP contribution in [0.1, 0.15) is 34.2 Å². The molecule has 1 unspecified atom stereocenters. The first kappa shape index (κ1) is 32.0. The van der Waals surface area contributed by atoms with E-state index in [0.717, 1.165) is 24.4 Å². The number of pyridine rings is 1. The summed E-state index contributed by atoms with van der Waals surface area (Å²) in [6.07, 6.45) is -0.776. The van der Waals surface area contributed by atoms with Crippen LogP contribution in [-0.4, -0.2) is 60.8 Å². The SMILES string of the molecule is CN(C)C(=O)CC(c1ccc(-c2c(-n3cc(C(F)(F)F)nn3)ccc(Cl)c2F)c[n+]1[O-])n1cc(-c2ccc(C(=O)O)c(F)c2)cn1. The highest BCUT2D eigenvalue weighted by Crippen LogP contribution is 2.35. The van der Waals surface area contributed by atoms with Crippen LogP contribution in [0.3, 0.4) is 0 Å². The maximum absolute atomic E-state index is 15.4. The molecule has 1 N–H and O–H groups in total. The fourth-order valence-corrected chi connectivity index (χ4v) is 4.78. The van der Waals surface area contributed by atoms with Crippen molar-refractivity contribution in [3.8, 4) is 27.9 Å². The van der Waals surface area contributed by atoms with Gasteiger partial charge in [-0.1, -0.05) is 22.9 Å². The highest BCUT2D eigenvalue weighted by Gasteiger charge is 2.35. The standard InChI is InChI=1S/C29H21ClF5N7O4/c1-39(2)25(43)10-23(40-12-17(11-36-40)15-3-5-18(28(44)45)20(31)9-15)21-7-4-16(13-42(21)46)26-22(8-6-19(30)27(26)32)41-14-24(37-38-41)29(33,34)35/h3-9,11-14,23H,10H2,1-2H3,(H,44,45). The van der Waals surface area contributed by atoms with Crippen molar-refractivity contribution in [1.82, 2.24) is 29.7 Å². The van der Waals surface area contributed by atoms with Gasteiger partial charge in [-0.2, -0.15) is 23.0 Å². The number of nitrogens with zero attached hydrogens (tertiary/aromatic N) is 7. The van der Waals surface area contributed by atoms with Gasteiger partial charge in [0, 0.05) is 31.9 Å². The number of amides is 1. The van der Waals surface area contributed by atoms with Gasteiger partial charge in [0.15, 0.2) is 17.7 Å². The minimum Gasteiger partial charge on any atom is -0.618 e. The van der Waals surface area contributed by atoms with E-state index in [4.69, 9.17) is 16.7 Å². The summed E-state index contributed by atoms with van der Waals surface area (Å²) >= 11 is 5.98. The van der Waals surface area contributed by atoms with Crippen LogP contribution < -0.4 is 4.73 Å². The number of aromatic nitrogens is 6. The Kier molecular flexibility index (Phi) is 8.49. The van der Waals surface area contributed by atoms with Gasteiger partial charge in [0.05, 0.1) is 46.2 Å². The van der Waals surface area contributed by atoms with Crippen molar-refractivity contribution in [3.63, 3.8) is 0 Å². The number of alkyl halides is 3. The van der Waals surface area contributed by atoms with Crippen molar-refractivity contribution >= 4 is 23.5 Å². The van der Waals surface area contributed by atoms with Crippen LogP contribution >= 0.6 is 11.6 Å². The average Bonchev–Trinajstić information content (AvgIpc) is 3.68. The number of halogens is 6. The lowest BCUT2D eigenvalue weighted by Gasteiger charge is -2.20. The van der Waals surface area contributed by atoms with Gasteiger partial charge < -0.3 is 15.2 Å². The predicted octanol–water partition coefficient (Wildman–Crippen LogP) is 5.15. The second-order valence-corrected chi connectivity index (χ2v) is 10.6. The molecule has 0 aliphatic rings. The molecule has 2 aromatic carbocycles. The zero-order valence-corrected chi connectivity index (χ0v) is 24.5. The van der Waals surface area contributed by atoms with Gasteiger partial charge in [0.25, 0.3) is 0 Å². The van der Waals surface area contributed by atoms with Gasteiger partial charge in [-0.3, -0.25) is 9.48 Å². The van der Waals surface area contributed by atoms with E-state index in [-0.39, 0.29) is 39.5 Å². The van der Waals surface area contributed by atoms with Crippen LogP contribution in [0.2, 0.25) is 5.02 Å². The summed E-state index contributed by atoms with van der Waals surface area (Å²) in [6.45, 7) is 0. The first-order chi connectivity index (χ1) is 21.6. The summed E-state index contributed by atoms with van der Waals surface area (Å²) in [6, 6.07) is 7.39. The summed E-state index contributed by atoms with van der Waals surface area (Å²) in [5.41, 5.74) is -1.84. The van der Waals surface area contributed by atoms with E-state index >= 15 is 4.39 Å². The minimum absolute atomic E-state index is 0.0231. The molecule has 0 aliphatic heterocycles. The van der Waals surface area contributed by atoms with Crippen LogP contribution in [0.15, 0.2) is 67.3 Å². The van der Waals surface area contributed by atoms with Gasteiger partial charge in [-0.05, 0) is 35.9 Å². The molecule has 5 aromatic rings. The fraction of sp³-hybridized carbons (Fsp3) is 0.172. The number of carboxylic acids is 1. The molecular weight excluding hydrogens is 641 g/mol. The molecule has 3 heterocycles. The molecule has 11 nitrogen and oxygen atoms in total. The molecule has 0 radical (unpaired) electrons. The Morgan fingerprint density at radius 2 is 1.78 bits per heavy atom. The molecule has 1 atom stereocenters. The van der Waals surface area contributed by atoms with Crippen molar-refractivity contribution in [1.29, 1.82) is 0 Å². The monoisotopic (exact) mass is 661 g/mol. The Morgan fingerprint density at radius 3 is 2.39 bits per heavy atom. The number of rotatable bonds is 8. The molecule has 17 heteroatoms. The zero-order chi connectivity index (χ0) is 33.5. The van der Waals surface area contributed by atoms with E-state index in [0.29, 0.717) is 21.2 Å². The second-order valence-electron chi connectivity index (χ2n) is 10.2. The first-order valence-electron chi connectivity index (χ1n) is 13.1. The van der Waals surface area contributed by atoms with E-state index < -0.39 is 47.0 Å². The normalized spacial score (nSPS) is 12.3. The van der Waals surface area contributed by atoms with Crippen LogP contribution in [0.5, 0.6) is 0 Å². The fourth-order valence-electron chi connectivity index (χ4n) is 4.62. The number of hydrogen-bond donors (Lipinski definition) is 1. The Hall–Kier alpha value is -5.38. The minimum atomic E-state index is -4.81. The predicted molar refractivity (Wildman–Crippen MR) is 152 cm³/mol. The summed E-state index contributed by atoms with van der Waals surface area (Å²) in [5.74, 6) is -3.84. The summed E-state index contributed by atoms with van der Waals surface area (Å²) in [5, 5.41) is 33.0. The molecule has 3 aromatic heterocycles. The number of benzene rings is 2. The summed E-state index contributed by atoms with van der Waals surface area (Å²) in [7, 11) is 3.01. The van der Waals surface area contributed by atoms with Gasteiger partial charge in [0.2, 0.25) is 11.6 Å². The van der Waals surface area contributed by atoms with Gasteiger partial charge in [-0.25, -0.2) is 18.3 Å². The molecule has 0 saturated carbocycles. The lowest BCUT2D eigenvalue weighted by molar-refractivity contribution is -0.615. The van der Waals surface area contributed by atoms with Gasteiger partial charge in [-0.15, -0.1) is 5.10 Å². The van der Waals surface area contributed by atoms with Crippen molar-refractivity contribution in [2.45, 2.75) is 18.6 Å². The van der Waals surface area contributed by atoms with Gasteiger partial charge >= 0.3 is 12.1 Å². The number of carbonyl (C=O) groups is 2. The molecule has 0 fully saturated rings. The largest absolute Gasteiger partial charge is 0.618 e. The average molecular weight is 662 g/mol. The lowest BCUT2D eigenvalue weighted by Crippen LogP contribution is -2.37. The molecule has 0 aliphatic carbocycles. The van der Waals surface area contributed by atoms with E-state index in [9.17, 15) is 32.4 Å². The molecule has 1 amide bonds. The van der Waals surface area contributed by atoms with Crippen LogP contribution in [-0.2, 0) is 11.0 Å². The van der Waals surface area contributed by atoms with Crippen LogP contribution in [0.4, 0.5) is 22.0 Å². The van der Waals surface area contributed by atoms with Crippen molar-refractivity contribution in [3.05, 3.63) is 106 Å². The molecule has 238 valence electrons. The summed E-state index contributed by atoms with van der Waals surface area (Å²) in [4.78, 5) is 25.3. The third kappa shape index (κ3) is 6.24. The summed E-state index contributed by atoms with van der Waals surface area (Å²) < 4.78 is 71.6. The van der Waals surface area contributed by atoms with E-state index in [2.05, 4.69) is 15.4 Å². The number of carboxylic acid groups (broad SMARTS) is 1. The number of aromatic carboxylic acids is 1. The third-order valence-corrected chi connectivity index (χ3v) is 7.29. The lowest BCUT2D eigenvalue weighted by atomic mass is 10.0. The van der Waals surface area contributed by atoms with Crippen LogP contribution in [0, 0.1) is 16.8 Å². The maximum Gasteiger partial charge on any atom is 0.436 e. The van der Waals surface area contributed by atoms with E-state index in [1.165, 1.54) is 60.3 Å². The molecule has 46 heavy (non-hydrogen) atoms. The molecule has 0 spiro atoms. The van der Waals surface area contributed by atoms with Crippen molar-refractivity contribution in [2.75, 3.05) is 14.1 Å². The Balaban J connectivity index is 1.57. The zero-order valence-electron chi connectivity index (χ0n) is 23.7. The third-order valence-electron chi connectivity index (χ3n) is 7.00. The van der Waals surface area contributed by atoms with E-state index in [1.807, 2.05) is 0 Å². The highest BCUT2D eigenvalue weighted by molar-refractivity contribution is 6.31. The van der Waals surface area contributed by atoms with E-state index in [1.54, 1.807) is 0 Å². The Morgan fingerprint density at radius 1 is 1.07 bits per heavy atom. The quantitative estimate of drug-likeness (QED) is 0.138. The van der Waals surface area contributed by atoms with Crippen molar-refractivity contribution in [2.24, 2.45) is 0 Å². The van der Waals surface area contributed by atoms with Gasteiger partial charge in [0.1, 0.15) is 11.9 Å². The Bertz CT molecular complexity index is 1980. The number of carbonyl (C=O) groups excluding carboxylic acids is 1. The first-order valence-corrected chi connectivity index (χ1v) is 13.5. The molecule has 0 saturated heterocycles. The smallest absolute Gasteiger partial charge is 0.436 e.